The van der Waals surface area contributed by atoms with Crippen molar-refractivity contribution in [1.82, 2.24) is 4.98 Å². The number of hydrogen-bond donors (Lipinski definition) is 0. The van der Waals surface area contributed by atoms with Gasteiger partial charge in [-0.15, -0.1) is 0 Å². The number of benzene rings is 3. The van der Waals surface area contributed by atoms with Crippen LogP contribution in [0.15, 0.2) is 77.2 Å². The average molecular weight is 406 g/mol. The van der Waals surface area contributed by atoms with Crippen LogP contribution in [0.5, 0.6) is 17.6 Å². The van der Waals surface area contributed by atoms with Gasteiger partial charge in [0, 0.05) is 7.05 Å². The summed E-state index contributed by atoms with van der Waals surface area (Å²) in [6.45, 7) is 1.61. The highest BCUT2D eigenvalue weighted by atomic mass is 19.1. The number of aromatic nitrogens is 1. The van der Waals surface area contributed by atoms with Gasteiger partial charge in [-0.05, 0) is 55.5 Å². The number of para-hydroxylation sites is 3. The zero-order valence-corrected chi connectivity index (χ0v) is 16.4. The first-order valence-corrected chi connectivity index (χ1v) is 9.33. The van der Waals surface area contributed by atoms with Crippen LogP contribution in [0.25, 0.3) is 11.1 Å². The van der Waals surface area contributed by atoms with Crippen LogP contribution in [0.1, 0.15) is 6.92 Å². The molecule has 7 heteroatoms. The van der Waals surface area contributed by atoms with Crippen LogP contribution in [-0.4, -0.2) is 24.0 Å². The molecule has 1 aromatic heterocycles. The molecule has 0 saturated carbocycles. The highest BCUT2D eigenvalue weighted by Gasteiger charge is 2.22. The van der Waals surface area contributed by atoms with E-state index in [2.05, 4.69) is 4.98 Å². The molecule has 0 saturated heterocycles. The molecule has 4 aromatic rings. The van der Waals surface area contributed by atoms with Crippen LogP contribution in [-0.2, 0) is 4.79 Å². The third kappa shape index (κ3) is 4.10. The molecule has 3 aromatic carbocycles. The predicted molar refractivity (Wildman–Crippen MR) is 110 cm³/mol. The van der Waals surface area contributed by atoms with E-state index >= 15 is 0 Å². The zero-order valence-electron chi connectivity index (χ0n) is 16.4. The Hall–Kier alpha value is -3.87. The lowest BCUT2D eigenvalue weighted by Crippen LogP contribution is -2.38. The summed E-state index contributed by atoms with van der Waals surface area (Å²) in [6, 6.07) is 20.2. The predicted octanol–water partition coefficient (Wildman–Crippen LogP) is 5.19. The number of halogens is 1. The van der Waals surface area contributed by atoms with Crippen molar-refractivity contribution >= 4 is 22.7 Å². The minimum absolute atomic E-state index is 0.139. The van der Waals surface area contributed by atoms with E-state index in [9.17, 15) is 9.18 Å². The van der Waals surface area contributed by atoms with Gasteiger partial charge in [0.25, 0.3) is 5.91 Å². The highest BCUT2D eigenvalue weighted by Crippen LogP contribution is 2.27. The van der Waals surface area contributed by atoms with Crippen molar-refractivity contribution in [3.63, 3.8) is 0 Å². The lowest BCUT2D eigenvalue weighted by Gasteiger charge is -2.22. The Morgan fingerprint density at radius 3 is 2.40 bits per heavy atom. The number of carbonyl (C=O) groups excluding carboxylic acids is 1. The molecule has 1 heterocycles. The van der Waals surface area contributed by atoms with Crippen LogP contribution < -0.4 is 14.4 Å². The third-order valence-corrected chi connectivity index (χ3v) is 4.51. The summed E-state index contributed by atoms with van der Waals surface area (Å²) in [5.74, 6) is 0.146. The van der Waals surface area contributed by atoms with E-state index < -0.39 is 11.9 Å². The summed E-state index contributed by atoms with van der Waals surface area (Å²) in [4.78, 5) is 18.1. The van der Waals surface area contributed by atoms with E-state index in [1.807, 2.05) is 24.3 Å². The second kappa shape index (κ2) is 8.24. The van der Waals surface area contributed by atoms with Crippen LogP contribution >= 0.6 is 0 Å². The number of likely N-dealkylation sites (N-methyl/N-ethyl adjacent to an activating group) is 1. The van der Waals surface area contributed by atoms with Crippen molar-refractivity contribution in [2.24, 2.45) is 0 Å². The summed E-state index contributed by atoms with van der Waals surface area (Å²) >= 11 is 0. The minimum Gasteiger partial charge on any atom is -0.481 e. The Kier molecular flexibility index (Phi) is 5.34. The molecule has 0 aliphatic rings. The number of ether oxygens (including phenoxy) is 2. The topological polar surface area (TPSA) is 64.8 Å². The Bertz CT molecular complexity index is 1140. The van der Waals surface area contributed by atoms with E-state index in [0.717, 1.165) is 0 Å². The maximum Gasteiger partial charge on any atom is 0.400 e. The van der Waals surface area contributed by atoms with Gasteiger partial charge in [-0.3, -0.25) is 4.79 Å². The van der Waals surface area contributed by atoms with Crippen molar-refractivity contribution in [2.75, 3.05) is 11.9 Å². The van der Waals surface area contributed by atoms with E-state index in [1.165, 1.54) is 24.1 Å². The number of amides is 1. The monoisotopic (exact) mass is 406 g/mol. The molecule has 0 bridgehead atoms. The SMILES string of the molecule is CC(Oc1ccc(Oc2nc3ccccc3o2)cc1)C(=O)N(C)c1ccccc1F. The largest absolute Gasteiger partial charge is 0.481 e. The van der Waals surface area contributed by atoms with Gasteiger partial charge >= 0.3 is 6.08 Å². The Morgan fingerprint density at radius 2 is 1.67 bits per heavy atom. The molecule has 6 nitrogen and oxygen atoms in total. The molecule has 1 unspecified atom stereocenters. The highest BCUT2D eigenvalue weighted by molar-refractivity contribution is 5.96. The first-order valence-electron chi connectivity index (χ1n) is 9.33. The number of anilines is 1. The maximum absolute atomic E-state index is 13.9. The van der Waals surface area contributed by atoms with Crippen molar-refractivity contribution in [3.8, 4) is 17.6 Å². The van der Waals surface area contributed by atoms with E-state index in [4.69, 9.17) is 13.9 Å². The number of carbonyl (C=O) groups is 1. The summed E-state index contributed by atoms with van der Waals surface area (Å²) in [5.41, 5.74) is 1.54. The fourth-order valence-corrected chi connectivity index (χ4v) is 2.95. The lowest BCUT2D eigenvalue weighted by atomic mass is 10.2. The van der Waals surface area contributed by atoms with Crippen molar-refractivity contribution in [2.45, 2.75) is 13.0 Å². The van der Waals surface area contributed by atoms with Gasteiger partial charge in [-0.25, -0.2) is 4.39 Å². The van der Waals surface area contributed by atoms with Gasteiger partial charge in [-0.2, -0.15) is 4.98 Å². The zero-order chi connectivity index (χ0) is 21.1. The van der Waals surface area contributed by atoms with Gasteiger partial charge in [0.15, 0.2) is 11.7 Å². The molecule has 0 aliphatic heterocycles. The van der Waals surface area contributed by atoms with Crippen LogP contribution in [0.4, 0.5) is 10.1 Å². The van der Waals surface area contributed by atoms with Crippen molar-refractivity contribution < 1.29 is 23.1 Å². The van der Waals surface area contributed by atoms with Crippen molar-refractivity contribution in [1.29, 1.82) is 0 Å². The Balaban J connectivity index is 1.40. The maximum atomic E-state index is 13.9. The standard InChI is InChI=1S/C23H19FN2O4/c1-15(22(27)26(2)20-9-5-3-7-18(20)24)28-16-11-13-17(14-12-16)29-23-25-19-8-4-6-10-21(19)30-23/h3-15H,1-2H3. The number of nitrogens with zero attached hydrogens (tertiary/aromatic N) is 2. The summed E-state index contributed by atoms with van der Waals surface area (Å²) in [7, 11) is 1.51. The smallest absolute Gasteiger partial charge is 0.400 e. The van der Waals surface area contributed by atoms with Crippen molar-refractivity contribution in [3.05, 3.63) is 78.6 Å². The molecule has 0 radical (unpaired) electrons. The molecule has 1 atom stereocenters. The van der Waals surface area contributed by atoms with Crippen LogP contribution in [0.2, 0.25) is 0 Å². The number of oxazole rings is 1. The summed E-state index contributed by atoms with van der Waals surface area (Å²) < 4.78 is 30.8. The van der Waals surface area contributed by atoms with E-state index in [0.29, 0.717) is 22.6 Å². The molecule has 1 amide bonds. The fraction of sp³-hybridized carbons (Fsp3) is 0.130. The van der Waals surface area contributed by atoms with Gasteiger partial charge in [-0.1, -0.05) is 24.3 Å². The molecular formula is C23H19FN2O4. The Labute approximate surface area is 172 Å². The first-order chi connectivity index (χ1) is 14.5. The molecule has 0 aliphatic carbocycles. The summed E-state index contributed by atoms with van der Waals surface area (Å²) in [6.07, 6.45) is -0.668. The summed E-state index contributed by atoms with van der Waals surface area (Å²) in [5, 5.41) is 0. The van der Waals surface area contributed by atoms with Crippen LogP contribution in [0, 0.1) is 5.82 Å². The molecule has 0 fully saturated rings. The van der Waals surface area contributed by atoms with Gasteiger partial charge in [0.05, 0.1) is 5.69 Å². The second-order valence-electron chi connectivity index (χ2n) is 6.63. The molecular weight excluding hydrogens is 387 g/mol. The lowest BCUT2D eigenvalue weighted by molar-refractivity contribution is -0.124. The Morgan fingerprint density at radius 1 is 1.00 bits per heavy atom. The molecule has 0 N–H and O–H groups in total. The molecule has 30 heavy (non-hydrogen) atoms. The average Bonchev–Trinajstić information content (AvgIpc) is 3.16. The fourth-order valence-electron chi connectivity index (χ4n) is 2.95. The van der Waals surface area contributed by atoms with Gasteiger partial charge in [0.2, 0.25) is 0 Å². The number of fused-ring (bicyclic) bond motifs is 1. The quantitative estimate of drug-likeness (QED) is 0.441. The first kappa shape index (κ1) is 19.4. The van der Waals surface area contributed by atoms with Crippen LogP contribution in [0.3, 0.4) is 0 Å². The van der Waals surface area contributed by atoms with Gasteiger partial charge in [0.1, 0.15) is 22.8 Å². The second-order valence-corrected chi connectivity index (χ2v) is 6.63. The van der Waals surface area contributed by atoms with E-state index in [1.54, 1.807) is 43.3 Å². The normalized spacial score (nSPS) is 11.8. The number of rotatable bonds is 6. The third-order valence-electron chi connectivity index (χ3n) is 4.51. The van der Waals surface area contributed by atoms with E-state index in [-0.39, 0.29) is 17.7 Å². The molecule has 152 valence electrons. The minimum atomic E-state index is -0.807. The molecule has 4 rings (SSSR count). The number of hydrogen-bond acceptors (Lipinski definition) is 5. The van der Waals surface area contributed by atoms with Gasteiger partial charge < -0.3 is 18.8 Å². The molecule has 0 spiro atoms.